The first-order chi connectivity index (χ1) is 14.1. The van der Waals surface area contributed by atoms with Crippen LogP contribution in [0, 0.1) is 0 Å². The van der Waals surface area contributed by atoms with Crippen LogP contribution in [0.2, 0.25) is 0 Å². The smallest absolute Gasteiger partial charge is 0.270 e. The molecule has 1 atom stereocenters. The molecule has 0 fully saturated rings. The van der Waals surface area contributed by atoms with Crippen LogP contribution in [0.15, 0.2) is 72.9 Å². The molecule has 6 heteroatoms. The molecule has 0 spiro atoms. The first-order valence-electron chi connectivity index (χ1n) is 9.30. The summed E-state index contributed by atoms with van der Waals surface area (Å²) >= 11 is 0. The Kier molecular flexibility index (Phi) is 6.58. The van der Waals surface area contributed by atoms with Crippen molar-refractivity contribution >= 4 is 11.8 Å². The number of carbonyl (C=O) groups is 2. The molecule has 0 radical (unpaired) electrons. The summed E-state index contributed by atoms with van der Waals surface area (Å²) in [4.78, 5) is 29.1. The molecule has 2 aromatic carbocycles. The summed E-state index contributed by atoms with van der Waals surface area (Å²) < 4.78 is 5.12. The van der Waals surface area contributed by atoms with Crippen molar-refractivity contribution in [3.63, 3.8) is 0 Å². The number of nitrogens with zero attached hydrogens (tertiary/aromatic N) is 1. The van der Waals surface area contributed by atoms with E-state index in [1.54, 1.807) is 13.2 Å². The highest BCUT2D eigenvalue weighted by atomic mass is 16.5. The molecular weight excluding hydrogens is 366 g/mol. The minimum atomic E-state index is -0.328. The van der Waals surface area contributed by atoms with Gasteiger partial charge in [-0.15, -0.1) is 0 Å². The molecule has 6 nitrogen and oxygen atoms in total. The number of rotatable bonds is 7. The van der Waals surface area contributed by atoms with Gasteiger partial charge in [0.05, 0.1) is 13.2 Å². The number of carbonyl (C=O) groups excluding carboxylic acids is 2. The van der Waals surface area contributed by atoms with Gasteiger partial charge in [0.1, 0.15) is 11.4 Å². The number of hydrogen-bond acceptors (Lipinski definition) is 4. The van der Waals surface area contributed by atoms with E-state index in [1.165, 1.54) is 12.3 Å². The van der Waals surface area contributed by atoms with Gasteiger partial charge in [-0.25, -0.2) is 0 Å². The van der Waals surface area contributed by atoms with Crippen molar-refractivity contribution in [3.05, 3.63) is 95.3 Å². The maximum atomic E-state index is 12.5. The van der Waals surface area contributed by atoms with Crippen molar-refractivity contribution in [3.8, 4) is 5.75 Å². The van der Waals surface area contributed by atoms with E-state index in [0.29, 0.717) is 12.1 Å². The second-order valence-corrected chi connectivity index (χ2v) is 6.57. The van der Waals surface area contributed by atoms with Gasteiger partial charge in [-0.05, 0) is 42.3 Å². The molecular formula is C23H23N3O3. The number of methoxy groups -OCH3 is 1. The molecule has 0 bridgehead atoms. The van der Waals surface area contributed by atoms with Crippen LogP contribution in [-0.2, 0) is 6.54 Å². The minimum absolute atomic E-state index is 0.168. The van der Waals surface area contributed by atoms with Crippen LogP contribution in [0.25, 0.3) is 0 Å². The molecule has 3 rings (SSSR count). The Balaban J connectivity index is 1.61. The summed E-state index contributed by atoms with van der Waals surface area (Å²) in [6, 6.07) is 20.0. The lowest BCUT2D eigenvalue weighted by Gasteiger charge is -2.14. The fourth-order valence-corrected chi connectivity index (χ4v) is 2.82. The van der Waals surface area contributed by atoms with E-state index in [0.717, 1.165) is 16.9 Å². The third-order valence-electron chi connectivity index (χ3n) is 4.51. The van der Waals surface area contributed by atoms with E-state index in [1.807, 2.05) is 61.5 Å². The quantitative estimate of drug-likeness (QED) is 0.648. The van der Waals surface area contributed by atoms with Crippen LogP contribution in [0.3, 0.4) is 0 Å². The van der Waals surface area contributed by atoms with Gasteiger partial charge in [0.15, 0.2) is 0 Å². The summed E-state index contributed by atoms with van der Waals surface area (Å²) in [6.45, 7) is 2.27. The molecule has 0 aliphatic carbocycles. The Hall–Kier alpha value is -3.67. The maximum absolute atomic E-state index is 12.5. The summed E-state index contributed by atoms with van der Waals surface area (Å²) in [7, 11) is 1.61. The number of hydrogen-bond donors (Lipinski definition) is 2. The number of amides is 2. The van der Waals surface area contributed by atoms with Crippen molar-refractivity contribution in [2.45, 2.75) is 19.5 Å². The zero-order valence-electron chi connectivity index (χ0n) is 16.4. The van der Waals surface area contributed by atoms with E-state index in [-0.39, 0.29) is 23.6 Å². The Bertz CT molecular complexity index is 972. The fourth-order valence-electron chi connectivity index (χ4n) is 2.82. The Labute approximate surface area is 169 Å². The van der Waals surface area contributed by atoms with Crippen LogP contribution in [-0.4, -0.2) is 23.9 Å². The van der Waals surface area contributed by atoms with Crippen molar-refractivity contribution < 1.29 is 14.3 Å². The van der Waals surface area contributed by atoms with Crippen molar-refractivity contribution in [1.82, 2.24) is 15.6 Å². The number of ether oxygens (including phenoxy) is 1. The third-order valence-corrected chi connectivity index (χ3v) is 4.51. The predicted octanol–water partition coefficient (Wildman–Crippen LogP) is 3.51. The van der Waals surface area contributed by atoms with Gasteiger partial charge < -0.3 is 15.4 Å². The summed E-state index contributed by atoms with van der Waals surface area (Å²) in [5.74, 6) is 0.161. The first-order valence-corrected chi connectivity index (χ1v) is 9.30. The second kappa shape index (κ2) is 9.50. The number of aromatic nitrogens is 1. The van der Waals surface area contributed by atoms with Gasteiger partial charge in [0, 0.05) is 18.3 Å². The molecule has 0 aliphatic rings. The Morgan fingerprint density at radius 2 is 1.72 bits per heavy atom. The van der Waals surface area contributed by atoms with Crippen LogP contribution in [0.1, 0.15) is 44.9 Å². The van der Waals surface area contributed by atoms with Crippen molar-refractivity contribution in [2.75, 3.05) is 7.11 Å². The minimum Gasteiger partial charge on any atom is -0.497 e. The van der Waals surface area contributed by atoms with Crippen molar-refractivity contribution in [2.24, 2.45) is 0 Å². The molecule has 2 amide bonds. The van der Waals surface area contributed by atoms with E-state index >= 15 is 0 Å². The van der Waals surface area contributed by atoms with Gasteiger partial charge in [0.25, 0.3) is 11.8 Å². The molecule has 3 aromatic rings. The molecule has 0 aliphatic heterocycles. The molecule has 0 saturated heterocycles. The number of nitrogens with one attached hydrogen (secondary N) is 2. The van der Waals surface area contributed by atoms with Crippen LogP contribution in [0.4, 0.5) is 0 Å². The molecule has 2 N–H and O–H groups in total. The van der Waals surface area contributed by atoms with Crippen LogP contribution >= 0.6 is 0 Å². The lowest BCUT2D eigenvalue weighted by Crippen LogP contribution is -2.28. The predicted molar refractivity (Wildman–Crippen MR) is 111 cm³/mol. The van der Waals surface area contributed by atoms with Gasteiger partial charge in [-0.3, -0.25) is 14.6 Å². The molecule has 1 heterocycles. The lowest BCUT2D eigenvalue weighted by molar-refractivity contribution is 0.0935. The zero-order valence-corrected chi connectivity index (χ0v) is 16.4. The lowest BCUT2D eigenvalue weighted by atomic mass is 10.1. The van der Waals surface area contributed by atoms with Crippen LogP contribution < -0.4 is 15.4 Å². The average molecular weight is 389 g/mol. The van der Waals surface area contributed by atoms with E-state index in [9.17, 15) is 9.59 Å². The standard InChI is InChI=1S/C23H23N3O3/c1-16(18-6-4-3-5-7-18)26-23(28)21-14-19(12-13-24-21)22(27)25-15-17-8-10-20(29-2)11-9-17/h3-14,16H,15H2,1-2H3,(H,25,27)(H,26,28). The topological polar surface area (TPSA) is 80.3 Å². The van der Waals surface area contributed by atoms with Gasteiger partial charge in [-0.1, -0.05) is 42.5 Å². The largest absolute Gasteiger partial charge is 0.497 e. The summed E-state index contributed by atoms with van der Waals surface area (Å²) in [6.07, 6.45) is 1.46. The molecule has 1 unspecified atom stereocenters. The maximum Gasteiger partial charge on any atom is 0.270 e. The third kappa shape index (κ3) is 5.42. The van der Waals surface area contributed by atoms with Crippen LogP contribution in [0.5, 0.6) is 5.75 Å². The molecule has 29 heavy (non-hydrogen) atoms. The Morgan fingerprint density at radius 3 is 2.41 bits per heavy atom. The SMILES string of the molecule is COc1ccc(CNC(=O)c2ccnc(C(=O)NC(C)c3ccccc3)c2)cc1. The fraction of sp³-hybridized carbons (Fsp3) is 0.174. The normalized spacial score (nSPS) is 11.4. The van der Waals surface area contributed by atoms with E-state index in [4.69, 9.17) is 4.74 Å². The second-order valence-electron chi connectivity index (χ2n) is 6.57. The number of benzene rings is 2. The summed E-state index contributed by atoms with van der Waals surface area (Å²) in [5, 5.41) is 5.75. The van der Waals surface area contributed by atoms with E-state index in [2.05, 4.69) is 15.6 Å². The molecule has 148 valence electrons. The Morgan fingerprint density at radius 1 is 1.00 bits per heavy atom. The molecule has 0 saturated carbocycles. The van der Waals surface area contributed by atoms with Gasteiger partial charge >= 0.3 is 0 Å². The van der Waals surface area contributed by atoms with Gasteiger partial charge in [-0.2, -0.15) is 0 Å². The summed E-state index contributed by atoms with van der Waals surface area (Å²) in [5.41, 5.74) is 2.52. The zero-order chi connectivity index (χ0) is 20.6. The highest BCUT2D eigenvalue weighted by molar-refractivity contribution is 5.98. The first kappa shape index (κ1) is 20.1. The highest BCUT2D eigenvalue weighted by Crippen LogP contribution is 2.13. The van der Waals surface area contributed by atoms with Gasteiger partial charge in [0.2, 0.25) is 0 Å². The average Bonchev–Trinajstić information content (AvgIpc) is 2.78. The van der Waals surface area contributed by atoms with E-state index < -0.39 is 0 Å². The molecule has 1 aromatic heterocycles. The highest BCUT2D eigenvalue weighted by Gasteiger charge is 2.15. The number of pyridine rings is 1. The van der Waals surface area contributed by atoms with Crippen molar-refractivity contribution in [1.29, 1.82) is 0 Å². The monoisotopic (exact) mass is 389 g/mol.